The molecular formula is C30H37N3O3. The van der Waals surface area contributed by atoms with Gasteiger partial charge in [-0.3, -0.25) is 9.69 Å². The minimum Gasteiger partial charge on any atom is -0.497 e. The first-order chi connectivity index (χ1) is 17.5. The summed E-state index contributed by atoms with van der Waals surface area (Å²) in [5.74, 6) is 2.00. The summed E-state index contributed by atoms with van der Waals surface area (Å²) in [4.78, 5) is 21.4. The average Bonchev–Trinajstić information content (AvgIpc) is 3.66. The molecule has 6 heteroatoms. The first-order valence-electron chi connectivity index (χ1n) is 13.4. The van der Waals surface area contributed by atoms with E-state index in [0.29, 0.717) is 12.5 Å². The molecular weight excluding hydrogens is 450 g/mol. The van der Waals surface area contributed by atoms with Gasteiger partial charge in [-0.1, -0.05) is 43.2 Å². The maximum absolute atomic E-state index is 14.5. The first-order valence-corrected chi connectivity index (χ1v) is 13.4. The summed E-state index contributed by atoms with van der Waals surface area (Å²) in [6.45, 7) is 0.389. The number of amides is 1. The lowest BCUT2D eigenvalue weighted by atomic mass is 9.61. The largest absolute Gasteiger partial charge is 0.497 e. The summed E-state index contributed by atoms with van der Waals surface area (Å²) in [6.07, 6.45) is 9.84. The molecule has 1 amide bonds. The molecule has 2 saturated carbocycles. The molecule has 1 heterocycles. The van der Waals surface area contributed by atoms with Gasteiger partial charge in [0, 0.05) is 12.5 Å². The highest BCUT2D eigenvalue weighted by Gasteiger charge is 2.66. The van der Waals surface area contributed by atoms with Crippen LogP contribution in [-0.2, 0) is 34.5 Å². The van der Waals surface area contributed by atoms with Gasteiger partial charge in [-0.25, -0.2) is 4.99 Å². The lowest BCUT2D eigenvalue weighted by molar-refractivity contribution is -0.138. The van der Waals surface area contributed by atoms with Crippen molar-refractivity contribution in [1.29, 1.82) is 0 Å². The van der Waals surface area contributed by atoms with Crippen molar-refractivity contribution in [2.75, 3.05) is 14.2 Å². The quantitative estimate of drug-likeness (QED) is 0.613. The van der Waals surface area contributed by atoms with E-state index in [2.05, 4.69) is 18.2 Å². The number of aliphatic imine (C=N–C) groups is 1. The third-order valence-electron chi connectivity index (χ3n) is 9.21. The molecule has 2 spiro atoms. The van der Waals surface area contributed by atoms with Crippen LogP contribution in [0, 0.1) is 11.3 Å². The van der Waals surface area contributed by atoms with Gasteiger partial charge < -0.3 is 15.2 Å². The van der Waals surface area contributed by atoms with Crippen molar-refractivity contribution < 1.29 is 14.3 Å². The third-order valence-corrected chi connectivity index (χ3v) is 9.21. The molecule has 1 unspecified atom stereocenters. The molecule has 6 rings (SSSR count). The number of benzene rings is 2. The zero-order valence-corrected chi connectivity index (χ0v) is 21.5. The number of ether oxygens (including phenoxy) is 2. The molecule has 1 atom stereocenters. The van der Waals surface area contributed by atoms with Crippen LogP contribution in [0.5, 0.6) is 5.75 Å². The first kappa shape index (κ1) is 23.5. The van der Waals surface area contributed by atoms with Crippen LogP contribution in [0.15, 0.2) is 47.5 Å². The number of hydrogen-bond donors (Lipinski definition) is 1. The highest BCUT2D eigenvalue weighted by molar-refractivity contribution is 6.08. The minimum absolute atomic E-state index is 0.0248. The summed E-state index contributed by atoms with van der Waals surface area (Å²) in [5, 5.41) is 0. The molecule has 6 nitrogen and oxygen atoms in total. The van der Waals surface area contributed by atoms with E-state index in [1.54, 1.807) is 19.1 Å². The van der Waals surface area contributed by atoms with Gasteiger partial charge in [0.25, 0.3) is 5.91 Å². The zero-order chi connectivity index (χ0) is 24.9. The average molecular weight is 488 g/mol. The Morgan fingerprint density at radius 2 is 1.86 bits per heavy atom. The summed E-state index contributed by atoms with van der Waals surface area (Å²) in [7, 11) is 3.45. The topological polar surface area (TPSA) is 77.2 Å². The molecule has 3 aliphatic carbocycles. The Morgan fingerprint density at radius 3 is 2.58 bits per heavy atom. The van der Waals surface area contributed by atoms with Gasteiger partial charge in [0.15, 0.2) is 11.5 Å². The second kappa shape index (κ2) is 8.91. The Labute approximate surface area is 213 Å². The number of carbonyl (C=O) groups is 1. The van der Waals surface area contributed by atoms with E-state index in [0.717, 1.165) is 61.3 Å². The van der Waals surface area contributed by atoms with Gasteiger partial charge in [0.05, 0.1) is 19.8 Å². The van der Waals surface area contributed by atoms with E-state index in [4.69, 9.17) is 20.2 Å². The molecule has 0 radical (unpaired) electrons. The molecule has 2 fully saturated rings. The van der Waals surface area contributed by atoms with Crippen molar-refractivity contribution >= 4 is 11.9 Å². The number of rotatable bonds is 7. The molecule has 2 N–H and O–H groups in total. The maximum Gasteiger partial charge on any atom is 0.262 e. The molecule has 2 aromatic carbocycles. The fourth-order valence-corrected chi connectivity index (χ4v) is 6.95. The predicted molar refractivity (Wildman–Crippen MR) is 140 cm³/mol. The summed E-state index contributed by atoms with van der Waals surface area (Å²) in [6, 6.07) is 14.7. The zero-order valence-electron chi connectivity index (χ0n) is 21.5. The number of aryl methyl sites for hydroxylation is 1. The monoisotopic (exact) mass is 487 g/mol. The van der Waals surface area contributed by atoms with Crippen LogP contribution in [0.1, 0.15) is 67.2 Å². The highest BCUT2D eigenvalue weighted by Crippen LogP contribution is 2.62. The van der Waals surface area contributed by atoms with Crippen LogP contribution in [0.3, 0.4) is 0 Å². The van der Waals surface area contributed by atoms with Crippen molar-refractivity contribution in [3.05, 3.63) is 64.7 Å². The molecule has 36 heavy (non-hydrogen) atoms. The van der Waals surface area contributed by atoms with Crippen LogP contribution in [0.4, 0.5) is 0 Å². The Kier molecular flexibility index (Phi) is 5.83. The van der Waals surface area contributed by atoms with Crippen LogP contribution < -0.4 is 10.5 Å². The van der Waals surface area contributed by atoms with Crippen molar-refractivity contribution in [2.45, 2.75) is 76.0 Å². The lowest BCUT2D eigenvalue weighted by Crippen LogP contribution is -2.52. The Bertz CT molecular complexity index is 1200. The van der Waals surface area contributed by atoms with Crippen LogP contribution in [-0.4, -0.2) is 37.1 Å². The number of fused-ring (bicyclic) bond motifs is 3. The second-order valence-electron chi connectivity index (χ2n) is 11.3. The van der Waals surface area contributed by atoms with Crippen molar-refractivity contribution in [3.8, 4) is 5.75 Å². The van der Waals surface area contributed by atoms with Gasteiger partial charge in [0.1, 0.15) is 5.75 Å². The van der Waals surface area contributed by atoms with Gasteiger partial charge in [-0.05, 0) is 85.3 Å². The Hall–Kier alpha value is -2.86. The van der Waals surface area contributed by atoms with Crippen LogP contribution in [0.25, 0.3) is 0 Å². The number of carbonyl (C=O) groups excluding carboxylic acids is 1. The van der Waals surface area contributed by atoms with Crippen molar-refractivity contribution in [2.24, 2.45) is 22.1 Å². The fraction of sp³-hybridized carbons (Fsp3) is 0.533. The fourth-order valence-electron chi connectivity index (χ4n) is 6.95. The number of nitrogens with zero attached hydrogens (tertiary/aromatic N) is 2. The third kappa shape index (κ3) is 3.73. The Morgan fingerprint density at radius 1 is 1.06 bits per heavy atom. The van der Waals surface area contributed by atoms with Gasteiger partial charge in [-0.15, -0.1) is 0 Å². The van der Waals surface area contributed by atoms with E-state index in [1.807, 2.05) is 24.3 Å². The normalized spacial score (nSPS) is 29.2. The van der Waals surface area contributed by atoms with Gasteiger partial charge in [-0.2, -0.15) is 0 Å². The summed E-state index contributed by atoms with van der Waals surface area (Å²) >= 11 is 0. The SMILES string of the molecule is COc1cccc(CN2C(=O)C3(N=C2N)c2cc(CCC4CC4)ccc2CC32CCC(OC)CC2)c1. The molecule has 0 aromatic heterocycles. The van der Waals surface area contributed by atoms with E-state index < -0.39 is 5.54 Å². The molecule has 0 bridgehead atoms. The van der Waals surface area contributed by atoms with Crippen molar-refractivity contribution in [1.82, 2.24) is 4.90 Å². The van der Waals surface area contributed by atoms with E-state index >= 15 is 0 Å². The van der Waals surface area contributed by atoms with E-state index in [1.165, 1.54) is 30.4 Å². The van der Waals surface area contributed by atoms with Crippen molar-refractivity contribution in [3.63, 3.8) is 0 Å². The predicted octanol–water partition coefficient (Wildman–Crippen LogP) is 4.72. The number of guanidine groups is 1. The second-order valence-corrected chi connectivity index (χ2v) is 11.3. The van der Waals surface area contributed by atoms with Gasteiger partial charge >= 0.3 is 0 Å². The Balaban J connectivity index is 1.39. The summed E-state index contributed by atoms with van der Waals surface area (Å²) in [5.41, 5.74) is 10.0. The van der Waals surface area contributed by atoms with Crippen LogP contribution >= 0.6 is 0 Å². The van der Waals surface area contributed by atoms with Gasteiger partial charge in [0.2, 0.25) is 0 Å². The number of methoxy groups -OCH3 is 2. The molecule has 2 aromatic rings. The minimum atomic E-state index is -0.945. The number of nitrogens with two attached hydrogens (primary N) is 1. The molecule has 1 aliphatic heterocycles. The summed E-state index contributed by atoms with van der Waals surface area (Å²) < 4.78 is 11.1. The maximum atomic E-state index is 14.5. The number of hydrogen-bond acceptors (Lipinski definition) is 5. The lowest BCUT2D eigenvalue weighted by Gasteiger charge is -2.45. The highest BCUT2D eigenvalue weighted by atomic mass is 16.5. The smallest absolute Gasteiger partial charge is 0.262 e. The van der Waals surface area contributed by atoms with Crippen LogP contribution in [0.2, 0.25) is 0 Å². The standard InChI is InChI=1S/C30H37N3O3/c1-35-24-12-14-29(15-13-24)18-23-11-10-21(9-8-20-6-7-20)17-26(23)30(29)27(34)33(28(31)32-30)19-22-4-3-5-25(16-22)36-2/h3-5,10-11,16-17,20,24H,6-9,12-15,18-19H2,1-2H3,(H2,31,32). The van der Waals surface area contributed by atoms with E-state index in [-0.39, 0.29) is 17.4 Å². The molecule has 0 saturated heterocycles. The van der Waals surface area contributed by atoms with E-state index in [9.17, 15) is 4.79 Å². The molecule has 190 valence electrons. The molecule has 4 aliphatic rings.